The highest BCUT2D eigenvalue weighted by Gasteiger charge is 2.10. The Labute approximate surface area is 106 Å². The van der Waals surface area contributed by atoms with Crippen LogP contribution in [0, 0.1) is 11.3 Å². The zero-order chi connectivity index (χ0) is 12.7. The summed E-state index contributed by atoms with van der Waals surface area (Å²) in [5.74, 6) is 0. The smallest absolute Gasteiger partial charge is 0.321 e. The van der Waals surface area contributed by atoms with Crippen molar-refractivity contribution in [2.45, 2.75) is 13.3 Å². The van der Waals surface area contributed by atoms with Crippen molar-refractivity contribution in [3.8, 4) is 6.07 Å². The van der Waals surface area contributed by atoms with Gasteiger partial charge < -0.3 is 10.2 Å². The molecule has 1 aromatic carbocycles. The molecule has 2 amide bonds. The molecule has 1 rings (SSSR count). The lowest BCUT2D eigenvalue weighted by Gasteiger charge is -2.20. The molecule has 4 nitrogen and oxygen atoms in total. The maximum absolute atomic E-state index is 11.8. The summed E-state index contributed by atoms with van der Waals surface area (Å²) in [5.41, 5.74) is 0.690. The molecule has 5 heteroatoms. The number of hydrogen-bond acceptors (Lipinski definition) is 2. The van der Waals surface area contributed by atoms with Crippen molar-refractivity contribution >= 4 is 23.3 Å². The Morgan fingerprint density at radius 3 is 2.65 bits per heavy atom. The lowest BCUT2D eigenvalue weighted by Crippen LogP contribution is -2.35. The number of carbonyl (C=O) groups excluding carboxylic acids is 1. The van der Waals surface area contributed by atoms with Gasteiger partial charge in [0.15, 0.2) is 0 Å². The van der Waals surface area contributed by atoms with E-state index in [0.717, 1.165) is 0 Å². The van der Waals surface area contributed by atoms with E-state index in [1.165, 1.54) is 0 Å². The van der Waals surface area contributed by atoms with Crippen molar-refractivity contribution in [1.29, 1.82) is 5.26 Å². The van der Waals surface area contributed by atoms with E-state index in [2.05, 4.69) is 5.32 Å². The number of nitrogens with one attached hydrogen (secondary N) is 1. The predicted octanol–water partition coefficient (Wildman–Crippen LogP) is 3.11. The molecule has 0 aliphatic heterocycles. The normalized spacial score (nSPS) is 9.47. The van der Waals surface area contributed by atoms with Gasteiger partial charge in [-0.2, -0.15) is 5.26 Å². The van der Waals surface area contributed by atoms with Crippen LogP contribution in [-0.4, -0.2) is 24.0 Å². The van der Waals surface area contributed by atoms with Gasteiger partial charge in [0.2, 0.25) is 0 Å². The summed E-state index contributed by atoms with van der Waals surface area (Å²) in [6, 6.07) is 8.71. The van der Waals surface area contributed by atoms with Crippen molar-refractivity contribution < 1.29 is 4.79 Å². The first-order valence-electron chi connectivity index (χ1n) is 5.35. The van der Waals surface area contributed by atoms with E-state index < -0.39 is 0 Å². The van der Waals surface area contributed by atoms with Crippen LogP contribution in [0.5, 0.6) is 0 Å². The van der Waals surface area contributed by atoms with E-state index in [1.54, 1.807) is 29.2 Å². The highest BCUT2D eigenvalue weighted by Crippen LogP contribution is 2.13. The Balaban J connectivity index is 2.58. The van der Waals surface area contributed by atoms with Gasteiger partial charge in [0, 0.05) is 23.8 Å². The second-order valence-electron chi connectivity index (χ2n) is 3.42. The van der Waals surface area contributed by atoms with Crippen molar-refractivity contribution in [2.24, 2.45) is 0 Å². The summed E-state index contributed by atoms with van der Waals surface area (Å²) in [4.78, 5) is 13.4. The summed E-state index contributed by atoms with van der Waals surface area (Å²) < 4.78 is 0. The molecule has 0 bridgehead atoms. The largest absolute Gasteiger partial charge is 0.324 e. The Morgan fingerprint density at radius 1 is 1.47 bits per heavy atom. The molecular formula is C12H14ClN3O. The SMILES string of the molecule is CCN(CCC#N)C(=O)Nc1ccc(Cl)cc1. The van der Waals surface area contributed by atoms with E-state index in [0.29, 0.717) is 30.2 Å². The first-order chi connectivity index (χ1) is 8.17. The van der Waals surface area contributed by atoms with Crippen LogP contribution in [-0.2, 0) is 0 Å². The molecule has 0 radical (unpaired) electrons. The zero-order valence-corrected chi connectivity index (χ0v) is 10.4. The van der Waals surface area contributed by atoms with Gasteiger partial charge in [-0.05, 0) is 31.2 Å². The van der Waals surface area contributed by atoms with Gasteiger partial charge in [-0.1, -0.05) is 11.6 Å². The van der Waals surface area contributed by atoms with E-state index in [1.807, 2.05) is 13.0 Å². The Morgan fingerprint density at radius 2 is 2.12 bits per heavy atom. The molecule has 90 valence electrons. The number of halogens is 1. The molecular weight excluding hydrogens is 238 g/mol. The van der Waals surface area contributed by atoms with Crippen LogP contribution < -0.4 is 5.32 Å². The highest BCUT2D eigenvalue weighted by atomic mass is 35.5. The number of hydrogen-bond donors (Lipinski definition) is 1. The standard InChI is InChI=1S/C12H14ClN3O/c1-2-16(9-3-8-14)12(17)15-11-6-4-10(13)5-7-11/h4-7H,2-3,9H2,1H3,(H,15,17). The molecule has 0 saturated carbocycles. The molecule has 17 heavy (non-hydrogen) atoms. The third kappa shape index (κ3) is 4.33. The lowest BCUT2D eigenvalue weighted by molar-refractivity contribution is 0.215. The number of rotatable bonds is 4. The van der Waals surface area contributed by atoms with Gasteiger partial charge in [-0.3, -0.25) is 0 Å². The fraction of sp³-hybridized carbons (Fsp3) is 0.333. The minimum atomic E-state index is -0.204. The lowest BCUT2D eigenvalue weighted by atomic mass is 10.3. The Bertz CT molecular complexity index is 411. The van der Waals surface area contributed by atoms with E-state index in [9.17, 15) is 4.79 Å². The van der Waals surface area contributed by atoms with Crippen LogP contribution in [0.1, 0.15) is 13.3 Å². The van der Waals surface area contributed by atoms with E-state index in [4.69, 9.17) is 16.9 Å². The summed E-state index contributed by atoms with van der Waals surface area (Å²) in [6.45, 7) is 2.88. The number of urea groups is 1. The van der Waals surface area contributed by atoms with Gasteiger partial charge in [0.1, 0.15) is 0 Å². The first-order valence-corrected chi connectivity index (χ1v) is 5.73. The second kappa shape index (κ2) is 6.77. The van der Waals surface area contributed by atoms with Gasteiger partial charge in [0.25, 0.3) is 0 Å². The topological polar surface area (TPSA) is 56.1 Å². The first kappa shape index (κ1) is 13.3. The number of nitrogens with zero attached hydrogens (tertiary/aromatic N) is 2. The number of benzene rings is 1. The van der Waals surface area contributed by atoms with Crippen LogP contribution >= 0.6 is 11.6 Å². The molecule has 0 spiro atoms. The predicted molar refractivity (Wildman–Crippen MR) is 67.9 cm³/mol. The van der Waals surface area contributed by atoms with Crippen molar-refractivity contribution in [3.63, 3.8) is 0 Å². The van der Waals surface area contributed by atoms with Crippen molar-refractivity contribution in [2.75, 3.05) is 18.4 Å². The number of carbonyl (C=O) groups is 1. The number of anilines is 1. The molecule has 1 aromatic rings. The van der Waals surface area contributed by atoms with Crippen molar-refractivity contribution in [1.82, 2.24) is 4.90 Å². The minimum Gasteiger partial charge on any atom is -0.324 e. The summed E-state index contributed by atoms with van der Waals surface area (Å²) in [5, 5.41) is 11.9. The van der Waals surface area contributed by atoms with Gasteiger partial charge in [-0.25, -0.2) is 4.79 Å². The number of amides is 2. The molecule has 0 atom stereocenters. The zero-order valence-electron chi connectivity index (χ0n) is 9.61. The van der Waals surface area contributed by atoms with Crippen LogP contribution in [0.4, 0.5) is 10.5 Å². The number of nitriles is 1. The third-order valence-electron chi connectivity index (χ3n) is 2.26. The van der Waals surface area contributed by atoms with E-state index >= 15 is 0 Å². The molecule has 0 aliphatic rings. The maximum atomic E-state index is 11.8. The van der Waals surface area contributed by atoms with Crippen LogP contribution in [0.25, 0.3) is 0 Å². The molecule has 0 saturated heterocycles. The Kier molecular flexibility index (Phi) is 5.31. The molecule has 0 aliphatic carbocycles. The van der Waals surface area contributed by atoms with Crippen molar-refractivity contribution in [3.05, 3.63) is 29.3 Å². The third-order valence-corrected chi connectivity index (χ3v) is 2.51. The molecule has 0 fully saturated rings. The average Bonchev–Trinajstić information content (AvgIpc) is 2.33. The average molecular weight is 252 g/mol. The summed E-state index contributed by atoms with van der Waals surface area (Å²) >= 11 is 5.75. The molecule has 0 heterocycles. The molecule has 1 N–H and O–H groups in total. The summed E-state index contributed by atoms with van der Waals surface area (Å²) in [6.07, 6.45) is 0.335. The van der Waals surface area contributed by atoms with Crippen LogP contribution in [0.3, 0.4) is 0 Å². The minimum absolute atomic E-state index is 0.204. The molecule has 0 unspecified atom stereocenters. The second-order valence-corrected chi connectivity index (χ2v) is 3.86. The maximum Gasteiger partial charge on any atom is 0.321 e. The summed E-state index contributed by atoms with van der Waals surface area (Å²) in [7, 11) is 0. The van der Waals surface area contributed by atoms with E-state index in [-0.39, 0.29) is 6.03 Å². The van der Waals surface area contributed by atoms with Gasteiger partial charge in [0.05, 0.1) is 12.5 Å². The fourth-order valence-corrected chi connectivity index (χ4v) is 1.45. The van der Waals surface area contributed by atoms with Gasteiger partial charge >= 0.3 is 6.03 Å². The Hall–Kier alpha value is -1.73. The van der Waals surface area contributed by atoms with Crippen LogP contribution in [0.15, 0.2) is 24.3 Å². The fourth-order valence-electron chi connectivity index (χ4n) is 1.32. The molecule has 0 aromatic heterocycles. The highest BCUT2D eigenvalue weighted by molar-refractivity contribution is 6.30. The monoisotopic (exact) mass is 251 g/mol. The van der Waals surface area contributed by atoms with Gasteiger partial charge in [-0.15, -0.1) is 0 Å². The quantitative estimate of drug-likeness (QED) is 0.894. The van der Waals surface area contributed by atoms with Crippen LogP contribution in [0.2, 0.25) is 5.02 Å².